The van der Waals surface area contributed by atoms with Crippen LogP contribution in [0, 0.1) is 0 Å². The van der Waals surface area contributed by atoms with Crippen molar-refractivity contribution in [2.75, 3.05) is 11.6 Å². The van der Waals surface area contributed by atoms with Gasteiger partial charge in [0.05, 0.1) is 5.56 Å². The summed E-state index contributed by atoms with van der Waals surface area (Å²) in [4.78, 5) is 16.3. The molecule has 0 saturated carbocycles. The number of thioether (sulfide) groups is 1. The van der Waals surface area contributed by atoms with Crippen LogP contribution in [-0.2, 0) is 0 Å². The quantitative estimate of drug-likeness (QED) is 0.709. The first kappa shape index (κ1) is 13.5. The van der Waals surface area contributed by atoms with Gasteiger partial charge in [0.15, 0.2) is 5.58 Å². The number of fused-ring (bicyclic) bond motifs is 1. The number of aromatic carboxylic acids is 1. The molecule has 106 valence electrons. The Morgan fingerprint density at radius 2 is 2.14 bits per heavy atom. The Morgan fingerprint density at radius 3 is 2.90 bits per heavy atom. The number of aromatic nitrogens is 1. The minimum Gasteiger partial charge on any atom is -0.478 e. The van der Waals surface area contributed by atoms with Gasteiger partial charge in [-0.1, -0.05) is 6.07 Å². The molecule has 1 aromatic heterocycles. The molecule has 1 heterocycles. The van der Waals surface area contributed by atoms with Crippen LogP contribution in [-0.4, -0.2) is 22.3 Å². The van der Waals surface area contributed by atoms with E-state index in [2.05, 4.69) is 10.3 Å². The molecule has 2 N–H and O–H groups in total. The highest BCUT2D eigenvalue weighted by atomic mass is 32.2. The van der Waals surface area contributed by atoms with Crippen LogP contribution < -0.4 is 5.32 Å². The zero-order chi connectivity index (χ0) is 14.8. The van der Waals surface area contributed by atoms with Crippen LogP contribution in [0.4, 0.5) is 11.7 Å². The number of carboxylic acids is 1. The van der Waals surface area contributed by atoms with Crippen molar-refractivity contribution < 1.29 is 14.3 Å². The van der Waals surface area contributed by atoms with E-state index in [0.29, 0.717) is 17.1 Å². The van der Waals surface area contributed by atoms with Crippen molar-refractivity contribution in [3.63, 3.8) is 0 Å². The van der Waals surface area contributed by atoms with Crippen LogP contribution in [0.15, 0.2) is 51.8 Å². The smallest absolute Gasteiger partial charge is 0.335 e. The second-order valence-electron chi connectivity index (χ2n) is 4.36. The second-order valence-corrected chi connectivity index (χ2v) is 5.24. The third kappa shape index (κ3) is 2.85. The van der Waals surface area contributed by atoms with Crippen molar-refractivity contribution in [3.05, 3.63) is 48.0 Å². The largest absolute Gasteiger partial charge is 0.478 e. The zero-order valence-corrected chi connectivity index (χ0v) is 12.0. The fourth-order valence-corrected chi connectivity index (χ4v) is 2.39. The van der Waals surface area contributed by atoms with Gasteiger partial charge in [0.25, 0.3) is 6.01 Å². The van der Waals surface area contributed by atoms with Crippen molar-refractivity contribution >= 4 is 40.5 Å². The highest BCUT2D eigenvalue weighted by molar-refractivity contribution is 7.98. The number of hydrogen-bond donors (Lipinski definition) is 2. The molecule has 0 unspecified atom stereocenters. The molecule has 0 spiro atoms. The molecule has 3 aromatic rings. The molecular weight excluding hydrogens is 288 g/mol. The van der Waals surface area contributed by atoms with E-state index in [1.807, 2.05) is 30.5 Å². The maximum atomic E-state index is 10.9. The molecule has 0 saturated heterocycles. The molecule has 3 rings (SSSR count). The minimum absolute atomic E-state index is 0.176. The number of carboxylic acid groups (broad SMARTS) is 1. The van der Waals surface area contributed by atoms with Crippen LogP contribution in [0.25, 0.3) is 11.1 Å². The number of hydrogen-bond acceptors (Lipinski definition) is 5. The van der Waals surface area contributed by atoms with Crippen LogP contribution in [0.5, 0.6) is 0 Å². The summed E-state index contributed by atoms with van der Waals surface area (Å²) in [6.45, 7) is 0. The van der Waals surface area contributed by atoms with E-state index in [0.717, 1.165) is 10.6 Å². The maximum absolute atomic E-state index is 10.9. The second kappa shape index (κ2) is 5.49. The molecule has 6 heteroatoms. The van der Waals surface area contributed by atoms with Gasteiger partial charge in [0, 0.05) is 10.6 Å². The first-order chi connectivity index (χ1) is 10.2. The Kier molecular flexibility index (Phi) is 3.53. The molecule has 0 aliphatic rings. The summed E-state index contributed by atoms with van der Waals surface area (Å²) in [5.41, 5.74) is 2.10. The molecule has 0 fully saturated rings. The van der Waals surface area contributed by atoms with Gasteiger partial charge >= 0.3 is 5.97 Å². The van der Waals surface area contributed by atoms with Gasteiger partial charge in [-0.3, -0.25) is 0 Å². The van der Waals surface area contributed by atoms with E-state index in [1.165, 1.54) is 12.1 Å². The first-order valence-corrected chi connectivity index (χ1v) is 7.43. The number of rotatable bonds is 4. The van der Waals surface area contributed by atoms with Crippen LogP contribution in [0.3, 0.4) is 0 Å². The Bertz CT molecular complexity index is 814. The summed E-state index contributed by atoms with van der Waals surface area (Å²) in [7, 11) is 0. The molecule has 0 bridgehead atoms. The first-order valence-electron chi connectivity index (χ1n) is 6.20. The van der Waals surface area contributed by atoms with Crippen molar-refractivity contribution in [2.24, 2.45) is 0 Å². The predicted molar refractivity (Wildman–Crippen MR) is 82.5 cm³/mol. The van der Waals surface area contributed by atoms with Gasteiger partial charge < -0.3 is 14.8 Å². The van der Waals surface area contributed by atoms with Crippen molar-refractivity contribution in [2.45, 2.75) is 4.90 Å². The molecule has 21 heavy (non-hydrogen) atoms. The number of benzene rings is 2. The standard InChI is InChI=1S/C15H12N2O3S/c1-21-11-4-2-3-10(8-11)16-15-17-12-6-5-9(14(18)19)7-13(12)20-15/h2-8H,1H3,(H,16,17)(H,18,19). The van der Waals surface area contributed by atoms with Crippen LogP contribution in [0.2, 0.25) is 0 Å². The lowest BCUT2D eigenvalue weighted by atomic mass is 10.2. The van der Waals surface area contributed by atoms with Crippen LogP contribution >= 0.6 is 11.8 Å². The molecule has 0 aliphatic carbocycles. The highest BCUT2D eigenvalue weighted by Gasteiger charge is 2.10. The van der Waals surface area contributed by atoms with E-state index >= 15 is 0 Å². The number of oxazole rings is 1. The fraction of sp³-hybridized carbons (Fsp3) is 0.0667. The van der Waals surface area contributed by atoms with E-state index in [4.69, 9.17) is 9.52 Å². The van der Waals surface area contributed by atoms with Gasteiger partial charge in [-0.25, -0.2) is 4.79 Å². The van der Waals surface area contributed by atoms with Crippen molar-refractivity contribution in [1.82, 2.24) is 4.98 Å². The average molecular weight is 300 g/mol. The lowest BCUT2D eigenvalue weighted by Crippen LogP contribution is -1.94. The van der Waals surface area contributed by atoms with Crippen molar-refractivity contribution in [3.8, 4) is 0 Å². The molecule has 0 atom stereocenters. The van der Waals surface area contributed by atoms with Gasteiger partial charge in [0.1, 0.15) is 5.52 Å². The van der Waals surface area contributed by atoms with Gasteiger partial charge in [0.2, 0.25) is 0 Å². The van der Waals surface area contributed by atoms with E-state index in [-0.39, 0.29) is 5.56 Å². The fourth-order valence-electron chi connectivity index (χ4n) is 1.94. The van der Waals surface area contributed by atoms with Crippen LogP contribution in [0.1, 0.15) is 10.4 Å². The summed E-state index contributed by atoms with van der Waals surface area (Å²) >= 11 is 1.65. The van der Waals surface area contributed by atoms with E-state index < -0.39 is 5.97 Å². The number of nitrogens with zero attached hydrogens (tertiary/aromatic N) is 1. The zero-order valence-electron chi connectivity index (χ0n) is 11.2. The minimum atomic E-state index is -0.990. The topological polar surface area (TPSA) is 75.4 Å². The third-order valence-corrected chi connectivity index (χ3v) is 3.68. The summed E-state index contributed by atoms with van der Waals surface area (Å²) in [5, 5.41) is 12.0. The molecule has 0 radical (unpaired) electrons. The summed E-state index contributed by atoms with van der Waals surface area (Å²) in [5.74, 6) is -0.990. The molecule has 5 nitrogen and oxygen atoms in total. The van der Waals surface area contributed by atoms with Crippen molar-refractivity contribution in [1.29, 1.82) is 0 Å². The molecule has 0 amide bonds. The van der Waals surface area contributed by atoms with E-state index in [1.54, 1.807) is 17.8 Å². The van der Waals surface area contributed by atoms with E-state index in [9.17, 15) is 4.79 Å². The van der Waals surface area contributed by atoms with Gasteiger partial charge in [-0.15, -0.1) is 11.8 Å². The van der Waals surface area contributed by atoms with Gasteiger partial charge in [-0.05, 0) is 42.7 Å². The molecular formula is C15H12N2O3S. The monoisotopic (exact) mass is 300 g/mol. The average Bonchev–Trinajstić information content (AvgIpc) is 2.88. The SMILES string of the molecule is CSc1cccc(Nc2nc3ccc(C(=O)O)cc3o2)c1. The lowest BCUT2D eigenvalue weighted by molar-refractivity contribution is 0.0697. The Balaban J connectivity index is 1.92. The number of anilines is 2. The highest BCUT2D eigenvalue weighted by Crippen LogP contribution is 2.25. The predicted octanol–water partition coefficient (Wildman–Crippen LogP) is 3.99. The Morgan fingerprint density at radius 1 is 1.29 bits per heavy atom. The summed E-state index contributed by atoms with van der Waals surface area (Å²) < 4.78 is 5.54. The maximum Gasteiger partial charge on any atom is 0.335 e. The normalized spacial score (nSPS) is 10.7. The summed E-state index contributed by atoms with van der Waals surface area (Å²) in [6.07, 6.45) is 2.01. The molecule has 2 aromatic carbocycles. The lowest BCUT2D eigenvalue weighted by Gasteiger charge is -2.02. The molecule has 0 aliphatic heterocycles. The Labute approximate surface area is 125 Å². The Hall–Kier alpha value is -2.47. The number of carbonyl (C=O) groups is 1. The third-order valence-electron chi connectivity index (χ3n) is 2.96. The summed E-state index contributed by atoms with van der Waals surface area (Å²) in [6, 6.07) is 12.8. The van der Waals surface area contributed by atoms with Gasteiger partial charge in [-0.2, -0.15) is 4.98 Å². The number of nitrogens with one attached hydrogen (secondary N) is 1.